The summed E-state index contributed by atoms with van der Waals surface area (Å²) in [6.07, 6.45) is 2.69. The Morgan fingerprint density at radius 1 is 0.703 bits per heavy atom. The van der Waals surface area contributed by atoms with Crippen molar-refractivity contribution in [3.63, 3.8) is 0 Å². The number of hydrogen-bond acceptors (Lipinski definition) is 7. The number of aromatic hydroxyl groups is 1. The molecule has 0 bridgehead atoms. The highest BCUT2D eigenvalue weighted by Gasteiger charge is 2.15. The number of carbonyl (C=O) groups excluding carboxylic acids is 3. The van der Waals surface area contributed by atoms with Crippen LogP contribution in [0.1, 0.15) is 36.6 Å². The number of benzene rings is 4. The maximum absolute atomic E-state index is 12.7. The minimum absolute atomic E-state index is 0.0771. The van der Waals surface area contributed by atoms with Crippen LogP contribution in [-0.2, 0) is 0 Å². The monoisotopic (exact) mass is 494 g/mol. The van der Waals surface area contributed by atoms with E-state index in [-0.39, 0.29) is 22.8 Å². The van der Waals surface area contributed by atoms with Gasteiger partial charge in [0, 0.05) is 17.7 Å². The number of ketones is 1. The number of rotatable bonds is 8. The summed E-state index contributed by atoms with van der Waals surface area (Å²) in [5.41, 5.74) is 1.14. The largest absolute Gasteiger partial charge is 0.507 e. The Kier molecular flexibility index (Phi) is 7.75. The molecule has 4 rings (SSSR count). The van der Waals surface area contributed by atoms with Crippen LogP contribution in [0.25, 0.3) is 6.08 Å². The number of methoxy groups -OCH3 is 1. The molecule has 7 nitrogen and oxygen atoms in total. The van der Waals surface area contributed by atoms with E-state index in [1.54, 1.807) is 72.8 Å². The first kappa shape index (κ1) is 24.9. The quantitative estimate of drug-likeness (QED) is 0.144. The molecule has 0 radical (unpaired) electrons. The molecule has 7 heteroatoms. The molecule has 0 amide bonds. The Hall–Kier alpha value is -5.17. The smallest absolute Gasteiger partial charge is 0.343 e. The summed E-state index contributed by atoms with van der Waals surface area (Å²) in [6.45, 7) is 0. The van der Waals surface area contributed by atoms with Crippen LogP contribution in [-0.4, -0.2) is 29.9 Å². The van der Waals surface area contributed by atoms with Crippen molar-refractivity contribution in [1.82, 2.24) is 0 Å². The summed E-state index contributed by atoms with van der Waals surface area (Å²) in [7, 11) is 1.45. The molecule has 0 atom stereocenters. The van der Waals surface area contributed by atoms with Gasteiger partial charge in [0.1, 0.15) is 23.0 Å². The minimum Gasteiger partial charge on any atom is -0.507 e. The third-order valence-electron chi connectivity index (χ3n) is 5.30. The topological polar surface area (TPSA) is 99.1 Å². The fraction of sp³-hybridized carbons (Fsp3) is 0.0333. The lowest BCUT2D eigenvalue weighted by Crippen LogP contribution is -2.11. The standard InChI is InChI=1S/C30H22O7/c1-35-23-15-16-25(27(32)18-23)26(31)17-13-20-12-14-24(36-29(33)21-8-4-2-5-9-21)19-28(20)37-30(34)22-10-6-3-7-11-22/h2-19,32H,1H3/b17-13+. The zero-order chi connectivity index (χ0) is 26.2. The van der Waals surface area contributed by atoms with Crippen LogP contribution in [0.2, 0.25) is 0 Å². The molecule has 4 aromatic rings. The van der Waals surface area contributed by atoms with Crippen LogP contribution in [0, 0.1) is 0 Å². The van der Waals surface area contributed by atoms with Crippen molar-refractivity contribution in [2.75, 3.05) is 7.11 Å². The fourth-order valence-electron chi connectivity index (χ4n) is 3.38. The van der Waals surface area contributed by atoms with E-state index >= 15 is 0 Å². The summed E-state index contributed by atoms with van der Waals surface area (Å²) < 4.78 is 16.1. The number of allylic oxidation sites excluding steroid dienone is 1. The molecule has 1 N–H and O–H groups in total. The SMILES string of the molecule is COc1ccc(C(=O)/C=C/c2ccc(OC(=O)c3ccccc3)cc2OC(=O)c2ccccc2)c(O)c1. The van der Waals surface area contributed by atoms with Gasteiger partial charge in [-0.3, -0.25) is 4.79 Å². The van der Waals surface area contributed by atoms with E-state index in [0.29, 0.717) is 22.4 Å². The minimum atomic E-state index is -0.624. The van der Waals surface area contributed by atoms with E-state index in [0.717, 1.165) is 0 Å². The van der Waals surface area contributed by atoms with Crippen LogP contribution < -0.4 is 14.2 Å². The van der Waals surface area contributed by atoms with Gasteiger partial charge in [-0.15, -0.1) is 0 Å². The molecule has 0 aliphatic heterocycles. The van der Waals surface area contributed by atoms with E-state index in [4.69, 9.17) is 14.2 Å². The molecule has 0 saturated carbocycles. The average Bonchev–Trinajstić information content (AvgIpc) is 2.93. The number of phenols is 1. The van der Waals surface area contributed by atoms with Crippen molar-refractivity contribution in [2.45, 2.75) is 0 Å². The highest BCUT2D eigenvalue weighted by atomic mass is 16.5. The van der Waals surface area contributed by atoms with Crippen LogP contribution in [0.5, 0.6) is 23.0 Å². The highest BCUT2D eigenvalue weighted by Crippen LogP contribution is 2.29. The normalized spacial score (nSPS) is 10.6. The van der Waals surface area contributed by atoms with E-state index in [1.807, 2.05) is 0 Å². The zero-order valence-corrected chi connectivity index (χ0v) is 19.8. The van der Waals surface area contributed by atoms with Crippen LogP contribution in [0.4, 0.5) is 0 Å². The number of hydrogen-bond donors (Lipinski definition) is 1. The van der Waals surface area contributed by atoms with Crippen molar-refractivity contribution in [1.29, 1.82) is 0 Å². The van der Waals surface area contributed by atoms with Gasteiger partial charge >= 0.3 is 11.9 Å². The molecule has 37 heavy (non-hydrogen) atoms. The lowest BCUT2D eigenvalue weighted by molar-refractivity contribution is 0.0732. The zero-order valence-electron chi connectivity index (χ0n) is 19.8. The first-order chi connectivity index (χ1) is 17.9. The number of phenolic OH excluding ortho intramolecular Hbond substituents is 1. The van der Waals surface area contributed by atoms with E-state index < -0.39 is 17.7 Å². The summed E-state index contributed by atoms with van der Waals surface area (Å²) in [5.74, 6) is -1.26. The van der Waals surface area contributed by atoms with E-state index in [1.165, 1.54) is 43.5 Å². The van der Waals surface area contributed by atoms with Crippen molar-refractivity contribution < 1.29 is 33.7 Å². The number of esters is 2. The molecule has 0 spiro atoms. The Labute approximate surface area is 213 Å². The van der Waals surface area contributed by atoms with Gasteiger partial charge in [-0.05, 0) is 60.7 Å². The van der Waals surface area contributed by atoms with Gasteiger partial charge < -0.3 is 19.3 Å². The maximum atomic E-state index is 12.7. The predicted octanol–water partition coefficient (Wildman–Crippen LogP) is 5.74. The molecule has 0 unspecified atom stereocenters. The summed E-state index contributed by atoms with van der Waals surface area (Å²) in [5, 5.41) is 10.2. The second-order valence-corrected chi connectivity index (χ2v) is 7.79. The van der Waals surface area contributed by atoms with E-state index in [9.17, 15) is 19.5 Å². The average molecular weight is 494 g/mol. The lowest BCUT2D eigenvalue weighted by Gasteiger charge is -2.11. The molecular formula is C30H22O7. The summed E-state index contributed by atoms with van der Waals surface area (Å²) in [6, 6.07) is 25.7. The Bertz CT molecular complexity index is 1460. The van der Waals surface area contributed by atoms with Crippen molar-refractivity contribution >= 4 is 23.8 Å². The molecule has 0 aliphatic carbocycles. The lowest BCUT2D eigenvalue weighted by atomic mass is 10.1. The Balaban J connectivity index is 1.62. The molecule has 184 valence electrons. The van der Waals surface area contributed by atoms with Crippen LogP contribution in [0.15, 0.2) is 103 Å². The van der Waals surface area contributed by atoms with Gasteiger partial charge in [0.2, 0.25) is 0 Å². The van der Waals surface area contributed by atoms with Gasteiger partial charge in [0.15, 0.2) is 5.78 Å². The van der Waals surface area contributed by atoms with Crippen molar-refractivity contribution in [3.8, 4) is 23.0 Å². The van der Waals surface area contributed by atoms with Gasteiger partial charge in [0.25, 0.3) is 0 Å². The predicted molar refractivity (Wildman–Crippen MR) is 137 cm³/mol. The van der Waals surface area contributed by atoms with Crippen LogP contribution >= 0.6 is 0 Å². The third-order valence-corrected chi connectivity index (χ3v) is 5.30. The summed E-state index contributed by atoms with van der Waals surface area (Å²) >= 11 is 0. The second kappa shape index (κ2) is 11.5. The molecule has 0 aromatic heterocycles. The van der Waals surface area contributed by atoms with Crippen molar-refractivity contribution in [2.24, 2.45) is 0 Å². The Morgan fingerprint density at radius 2 is 1.30 bits per heavy atom. The molecular weight excluding hydrogens is 472 g/mol. The number of carbonyl (C=O) groups is 3. The Morgan fingerprint density at radius 3 is 1.89 bits per heavy atom. The second-order valence-electron chi connectivity index (χ2n) is 7.79. The molecule has 4 aromatic carbocycles. The van der Waals surface area contributed by atoms with Gasteiger partial charge in [0.05, 0.1) is 23.8 Å². The molecule has 0 fully saturated rings. The molecule has 0 heterocycles. The molecule has 0 aliphatic rings. The van der Waals surface area contributed by atoms with Crippen LogP contribution in [0.3, 0.4) is 0 Å². The van der Waals surface area contributed by atoms with Gasteiger partial charge in [-0.1, -0.05) is 36.4 Å². The van der Waals surface area contributed by atoms with Gasteiger partial charge in [-0.2, -0.15) is 0 Å². The third kappa shape index (κ3) is 6.29. The fourth-order valence-corrected chi connectivity index (χ4v) is 3.38. The highest BCUT2D eigenvalue weighted by molar-refractivity contribution is 6.08. The van der Waals surface area contributed by atoms with Gasteiger partial charge in [-0.25, -0.2) is 9.59 Å². The first-order valence-corrected chi connectivity index (χ1v) is 11.2. The van der Waals surface area contributed by atoms with E-state index in [2.05, 4.69) is 0 Å². The first-order valence-electron chi connectivity index (χ1n) is 11.2. The molecule has 0 saturated heterocycles. The number of ether oxygens (including phenoxy) is 3. The summed E-state index contributed by atoms with van der Waals surface area (Å²) in [4.78, 5) is 37.9. The van der Waals surface area contributed by atoms with Crippen molar-refractivity contribution in [3.05, 3.63) is 125 Å². The maximum Gasteiger partial charge on any atom is 0.343 e.